The molecule has 0 aliphatic carbocycles. The molecule has 1 aliphatic heterocycles. The average molecular weight is 291 g/mol. The predicted octanol–water partition coefficient (Wildman–Crippen LogP) is 1.82. The SMILES string of the molecule is CN(Cc1ccncc1)C(=O)N1CCC(C)(C(=O)O)CC1. The molecule has 6 heteroatoms. The van der Waals surface area contributed by atoms with Crippen molar-refractivity contribution in [3.63, 3.8) is 0 Å². The fourth-order valence-corrected chi connectivity index (χ4v) is 2.48. The van der Waals surface area contributed by atoms with E-state index >= 15 is 0 Å². The number of carboxylic acid groups (broad SMARTS) is 1. The molecule has 0 unspecified atom stereocenters. The first-order chi connectivity index (χ1) is 9.92. The van der Waals surface area contributed by atoms with Gasteiger partial charge in [0.05, 0.1) is 5.41 Å². The summed E-state index contributed by atoms with van der Waals surface area (Å²) in [6.45, 7) is 3.25. The third-order valence-corrected chi connectivity index (χ3v) is 4.15. The number of hydrogen-bond acceptors (Lipinski definition) is 3. The van der Waals surface area contributed by atoms with Crippen molar-refractivity contribution < 1.29 is 14.7 Å². The first-order valence-electron chi connectivity index (χ1n) is 7.05. The molecule has 2 rings (SSSR count). The summed E-state index contributed by atoms with van der Waals surface area (Å²) in [5.41, 5.74) is 0.314. The van der Waals surface area contributed by atoms with Crippen molar-refractivity contribution in [1.82, 2.24) is 14.8 Å². The molecule has 0 radical (unpaired) electrons. The van der Waals surface area contributed by atoms with Crippen LogP contribution in [0, 0.1) is 5.41 Å². The van der Waals surface area contributed by atoms with Gasteiger partial charge in [-0.25, -0.2) is 4.79 Å². The van der Waals surface area contributed by atoms with Crippen LogP contribution in [0.1, 0.15) is 25.3 Å². The number of aliphatic carboxylic acids is 1. The van der Waals surface area contributed by atoms with Crippen molar-refractivity contribution in [2.24, 2.45) is 5.41 Å². The second kappa shape index (κ2) is 6.11. The molecule has 0 aromatic carbocycles. The van der Waals surface area contributed by atoms with Gasteiger partial charge in [0, 0.05) is 39.1 Å². The number of amides is 2. The number of urea groups is 1. The summed E-state index contributed by atoms with van der Waals surface area (Å²) in [6, 6.07) is 3.70. The van der Waals surface area contributed by atoms with Gasteiger partial charge in [0.2, 0.25) is 0 Å². The predicted molar refractivity (Wildman–Crippen MR) is 77.6 cm³/mol. The Morgan fingerprint density at radius 1 is 1.33 bits per heavy atom. The van der Waals surface area contributed by atoms with Crippen molar-refractivity contribution in [2.45, 2.75) is 26.3 Å². The Labute approximate surface area is 124 Å². The van der Waals surface area contributed by atoms with Gasteiger partial charge < -0.3 is 14.9 Å². The van der Waals surface area contributed by atoms with Crippen LogP contribution >= 0.6 is 0 Å². The zero-order chi connectivity index (χ0) is 15.5. The Bertz CT molecular complexity index is 510. The van der Waals surface area contributed by atoms with E-state index in [0.29, 0.717) is 32.5 Å². The zero-order valence-electron chi connectivity index (χ0n) is 12.5. The van der Waals surface area contributed by atoms with Gasteiger partial charge in [0.1, 0.15) is 0 Å². The summed E-state index contributed by atoms with van der Waals surface area (Å²) in [7, 11) is 1.76. The minimum absolute atomic E-state index is 0.0562. The number of rotatable bonds is 3. The number of carbonyl (C=O) groups is 2. The third kappa shape index (κ3) is 3.51. The normalized spacial score (nSPS) is 17.3. The largest absolute Gasteiger partial charge is 0.481 e. The van der Waals surface area contributed by atoms with E-state index in [2.05, 4.69) is 4.98 Å². The Morgan fingerprint density at radius 2 is 1.90 bits per heavy atom. The van der Waals surface area contributed by atoms with Gasteiger partial charge >= 0.3 is 12.0 Å². The molecular formula is C15H21N3O3. The van der Waals surface area contributed by atoms with Gasteiger partial charge in [-0.2, -0.15) is 0 Å². The van der Waals surface area contributed by atoms with Crippen molar-refractivity contribution in [1.29, 1.82) is 0 Å². The molecule has 1 aliphatic rings. The Balaban J connectivity index is 1.91. The highest BCUT2D eigenvalue weighted by molar-refractivity contribution is 5.77. The first-order valence-corrected chi connectivity index (χ1v) is 7.05. The fourth-order valence-electron chi connectivity index (χ4n) is 2.48. The molecule has 1 N–H and O–H groups in total. The maximum absolute atomic E-state index is 12.4. The molecule has 1 aromatic rings. The molecule has 21 heavy (non-hydrogen) atoms. The second-order valence-electron chi connectivity index (χ2n) is 5.85. The molecule has 114 valence electrons. The Morgan fingerprint density at radius 3 is 2.43 bits per heavy atom. The molecule has 0 saturated carbocycles. The first kappa shape index (κ1) is 15.3. The van der Waals surface area contributed by atoms with Crippen LogP contribution in [-0.2, 0) is 11.3 Å². The maximum atomic E-state index is 12.4. The topological polar surface area (TPSA) is 73.7 Å². The van der Waals surface area contributed by atoms with E-state index in [9.17, 15) is 14.7 Å². The van der Waals surface area contributed by atoms with Crippen LogP contribution in [0.5, 0.6) is 0 Å². The van der Waals surface area contributed by atoms with Crippen molar-refractivity contribution >= 4 is 12.0 Å². The van der Waals surface area contributed by atoms with E-state index in [1.165, 1.54) is 0 Å². The molecule has 0 bridgehead atoms. The van der Waals surface area contributed by atoms with E-state index in [1.807, 2.05) is 12.1 Å². The second-order valence-corrected chi connectivity index (χ2v) is 5.85. The number of hydrogen-bond donors (Lipinski definition) is 1. The monoisotopic (exact) mass is 291 g/mol. The van der Waals surface area contributed by atoms with E-state index in [4.69, 9.17) is 0 Å². The van der Waals surface area contributed by atoms with Crippen LogP contribution in [0.4, 0.5) is 4.79 Å². The van der Waals surface area contributed by atoms with Gasteiger partial charge in [0.25, 0.3) is 0 Å². The minimum atomic E-state index is -0.778. The molecule has 2 amide bonds. The lowest BCUT2D eigenvalue weighted by Crippen LogP contribution is -2.48. The lowest BCUT2D eigenvalue weighted by atomic mass is 9.80. The number of carboxylic acids is 1. The number of piperidine rings is 1. The number of likely N-dealkylation sites (tertiary alicyclic amines) is 1. The minimum Gasteiger partial charge on any atom is -0.481 e. The smallest absolute Gasteiger partial charge is 0.320 e. The van der Waals surface area contributed by atoms with Gasteiger partial charge in [0.15, 0.2) is 0 Å². The molecular weight excluding hydrogens is 270 g/mol. The number of pyridine rings is 1. The summed E-state index contributed by atoms with van der Waals surface area (Å²) in [4.78, 5) is 30.9. The van der Waals surface area contributed by atoms with Gasteiger partial charge in [-0.1, -0.05) is 0 Å². The molecule has 1 saturated heterocycles. The van der Waals surface area contributed by atoms with E-state index in [1.54, 1.807) is 36.2 Å². The third-order valence-electron chi connectivity index (χ3n) is 4.15. The molecule has 1 fully saturated rings. The van der Waals surface area contributed by atoms with Crippen molar-refractivity contribution in [2.75, 3.05) is 20.1 Å². The average Bonchev–Trinajstić information content (AvgIpc) is 2.48. The number of aromatic nitrogens is 1. The molecule has 6 nitrogen and oxygen atoms in total. The summed E-state index contributed by atoms with van der Waals surface area (Å²) in [6.07, 6.45) is 4.40. The lowest BCUT2D eigenvalue weighted by Gasteiger charge is -2.38. The van der Waals surface area contributed by atoms with Crippen LogP contribution in [0.15, 0.2) is 24.5 Å². The van der Waals surface area contributed by atoms with Crippen LogP contribution in [0.2, 0.25) is 0 Å². The van der Waals surface area contributed by atoms with Crippen molar-refractivity contribution in [3.05, 3.63) is 30.1 Å². The fraction of sp³-hybridized carbons (Fsp3) is 0.533. The quantitative estimate of drug-likeness (QED) is 0.922. The van der Waals surface area contributed by atoms with Crippen molar-refractivity contribution in [3.8, 4) is 0 Å². The summed E-state index contributed by atoms with van der Waals surface area (Å²) in [5, 5.41) is 9.21. The molecule has 0 spiro atoms. The van der Waals surface area contributed by atoms with Gasteiger partial charge in [-0.05, 0) is 37.5 Å². The molecule has 2 heterocycles. The van der Waals surface area contributed by atoms with E-state index in [0.717, 1.165) is 5.56 Å². The van der Waals surface area contributed by atoms with Gasteiger partial charge in [-0.3, -0.25) is 9.78 Å². The van der Waals surface area contributed by atoms with Gasteiger partial charge in [-0.15, -0.1) is 0 Å². The highest BCUT2D eigenvalue weighted by atomic mass is 16.4. The van der Waals surface area contributed by atoms with E-state index in [-0.39, 0.29) is 6.03 Å². The summed E-state index contributed by atoms with van der Waals surface area (Å²) >= 11 is 0. The highest BCUT2D eigenvalue weighted by Crippen LogP contribution is 2.31. The van der Waals surface area contributed by atoms with Crippen LogP contribution in [-0.4, -0.2) is 52.0 Å². The van der Waals surface area contributed by atoms with Crippen LogP contribution < -0.4 is 0 Å². The maximum Gasteiger partial charge on any atom is 0.320 e. The van der Waals surface area contributed by atoms with E-state index < -0.39 is 11.4 Å². The lowest BCUT2D eigenvalue weighted by molar-refractivity contribution is -0.150. The Kier molecular flexibility index (Phi) is 4.45. The van der Waals surface area contributed by atoms with Crippen LogP contribution in [0.25, 0.3) is 0 Å². The number of carbonyl (C=O) groups excluding carboxylic acids is 1. The molecule has 0 atom stereocenters. The number of nitrogens with zero attached hydrogens (tertiary/aromatic N) is 3. The molecule has 1 aromatic heterocycles. The highest BCUT2D eigenvalue weighted by Gasteiger charge is 2.38. The standard InChI is InChI=1S/C15H21N3O3/c1-15(13(19)20)5-9-18(10-6-15)14(21)17(2)11-12-3-7-16-8-4-12/h3-4,7-8H,5-6,9-11H2,1-2H3,(H,19,20). The zero-order valence-corrected chi connectivity index (χ0v) is 12.5. The Hall–Kier alpha value is -2.11. The van der Waals surface area contributed by atoms with Crippen LogP contribution in [0.3, 0.4) is 0 Å². The summed E-state index contributed by atoms with van der Waals surface area (Å²) < 4.78 is 0. The summed E-state index contributed by atoms with van der Waals surface area (Å²) in [5.74, 6) is -0.778.